The maximum atomic E-state index is 13.0. The molecule has 0 aliphatic carbocycles. The Kier molecular flexibility index (Phi) is 6.10. The Morgan fingerprint density at radius 3 is 1.96 bits per heavy atom. The molecule has 138 valence electrons. The molecule has 0 heterocycles. The second-order valence-corrected chi connectivity index (χ2v) is 7.88. The summed E-state index contributed by atoms with van der Waals surface area (Å²) in [6, 6.07) is 10.6. The molecule has 2 rings (SSSR count). The third-order valence-electron chi connectivity index (χ3n) is 3.73. The Balaban J connectivity index is 2.08. The third kappa shape index (κ3) is 4.66. The lowest BCUT2D eigenvalue weighted by Crippen LogP contribution is -2.32. The molecule has 0 saturated carbocycles. The molecule has 0 saturated heterocycles. The van der Waals surface area contributed by atoms with E-state index in [1.54, 1.807) is 31.2 Å². The second-order valence-electron chi connectivity index (χ2n) is 5.61. The van der Waals surface area contributed by atoms with Crippen molar-refractivity contribution in [3.8, 4) is 0 Å². The van der Waals surface area contributed by atoms with E-state index in [-0.39, 0.29) is 10.8 Å². The molecule has 26 heavy (non-hydrogen) atoms. The number of carbonyl (C=O) groups excluding carboxylic acids is 2. The molecule has 2 aromatic rings. The Bertz CT molecular complexity index is 894. The first-order valence-corrected chi connectivity index (χ1v) is 9.49. The largest absolute Gasteiger partial charge is 0.326 e. The monoisotopic (exact) mass is 378 g/mol. The van der Waals surface area contributed by atoms with Crippen molar-refractivity contribution in [1.82, 2.24) is 0 Å². The van der Waals surface area contributed by atoms with Crippen LogP contribution in [-0.2, 0) is 19.4 Å². The van der Waals surface area contributed by atoms with Gasteiger partial charge in [0.2, 0.25) is 11.8 Å². The average molecular weight is 378 g/mol. The minimum Gasteiger partial charge on any atom is -0.326 e. The number of hydrogen-bond acceptors (Lipinski definition) is 4. The summed E-state index contributed by atoms with van der Waals surface area (Å²) in [6.45, 7) is 3.00. The minimum atomic E-state index is -3.94. The summed E-state index contributed by atoms with van der Waals surface area (Å²) in [5.74, 6) is -1.41. The summed E-state index contributed by atoms with van der Waals surface area (Å²) in [6.07, 6.45) is 0.344. The van der Waals surface area contributed by atoms with Crippen LogP contribution in [0.25, 0.3) is 0 Å². The summed E-state index contributed by atoms with van der Waals surface area (Å²) in [5.41, 5.74) is 0.965. The topological polar surface area (TPSA) is 92.3 Å². The molecule has 0 fully saturated rings. The first kappa shape index (κ1) is 19.6. The van der Waals surface area contributed by atoms with Crippen molar-refractivity contribution in [2.75, 3.05) is 10.6 Å². The molecule has 0 bridgehead atoms. The van der Waals surface area contributed by atoms with Gasteiger partial charge in [-0.25, -0.2) is 12.8 Å². The molecule has 8 heteroatoms. The molecule has 2 aromatic carbocycles. The first-order valence-electron chi connectivity index (χ1n) is 7.94. The van der Waals surface area contributed by atoms with Crippen LogP contribution in [0.4, 0.5) is 15.8 Å². The number of amides is 2. The van der Waals surface area contributed by atoms with E-state index in [0.717, 1.165) is 24.3 Å². The lowest BCUT2D eigenvalue weighted by molar-refractivity contribution is -0.116. The van der Waals surface area contributed by atoms with Crippen LogP contribution in [-0.4, -0.2) is 25.5 Å². The van der Waals surface area contributed by atoms with Gasteiger partial charge in [0.25, 0.3) is 0 Å². The van der Waals surface area contributed by atoms with E-state index in [1.165, 1.54) is 6.92 Å². The summed E-state index contributed by atoms with van der Waals surface area (Å²) in [4.78, 5) is 23.5. The Morgan fingerprint density at radius 2 is 1.46 bits per heavy atom. The van der Waals surface area contributed by atoms with Crippen LogP contribution in [0.2, 0.25) is 0 Å². The number of halogens is 1. The Hall–Kier alpha value is -2.74. The smallest absolute Gasteiger partial charge is 0.242 e. The lowest BCUT2D eigenvalue weighted by Gasteiger charge is -2.14. The highest BCUT2D eigenvalue weighted by molar-refractivity contribution is 7.92. The standard InChI is InChI=1S/C18H19FN2O4S/c1-3-17(22)20-14-6-8-15(9-7-14)21-18(23)12(2)26(24,25)16-10-4-13(19)5-11-16/h4-12H,3H2,1-2H3,(H,20,22)(H,21,23). The van der Waals surface area contributed by atoms with Crippen LogP contribution in [0.3, 0.4) is 0 Å². The van der Waals surface area contributed by atoms with Crippen molar-refractivity contribution >= 4 is 33.0 Å². The van der Waals surface area contributed by atoms with Gasteiger partial charge in [-0.05, 0) is 55.5 Å². The van der Waals surface area contributed by atoms with E-state index >= 15 is 0 Å². The molecule has 0 aliphatic rings. The van der Waals surface area contributed by atoms with Gasteiger partial charge in [0.15, 0.2) is 9.84 Å². The normalized spacial score (nSPS) is 12.3. The molecular formula is C18H19FN2O4S. The number of nitrogens with one attached hydrogen (secondary N) is 2. The van der Waals surface area contributed by atoms with Gasteiger partial charge < -0.3 is 10.6 Å². The van der Waals surface area contributed by atoms with Gasteiger partial charge in [-0.1, -0.05) is 6.92 Å². The molecule has 0 radical (unpaired) electrons. The fraction of sp³-hybridized carbons (Fsp3) is 0.222. The van der Waals surface area contributed by atoms with Crippen LogP contribution in [0.5, 0.6) is 0 Å². The number of anilines is 2. The van der Waals surface area contributed by atoms with Crippen molar-refractivity contribution in [1.29, 1.82) is 0 Å². The van der Waals surface area contributed by atoms with Crippen molar-refractivity contribution in [2.24, 2.45) is 0 Å². The Labute approximate surface area is 151 Å². The second kappa shape index (κ2) is 8.09. The lowest BCUT2D eigenvalue weighted by atomic mass is 10.2. The number of rotatable bonds is 6. The average Bonchev–Trinajstić information content (AvgIpc) is 2.62. The van der Waals surface area contributed by atoms with Gasteiger partial charge >= 0.3 is 0 Å². The highest BCUT2D eigenvalue weighted by Crippen LogP contribution is 2.19. The number of sulfone groups is 1. The SMILES string of the molecule is CCC(=O)Nc1ccc(NC(=O)C(C)S(=O)(=O)c2ccc(F)cc2)cc1. The number of hydrogen-bond donors (Lipinski definition) is 2. The number of carbonyl (C=O) groups is 2. The van der Waals surface area contributed by atoms with Gasteiger partial charge in [0.1, 0.15) is 11.1 Å². The highest BCUT2D eigenvalue weighted by atomic mass is 32.2. The quantitative estimate of drug-likeness (QED) is 0.756. The molecule has 0 spiro atoms. The van der Waals surface area contributed by atoms with Crippen molar-refractivity contribution in [2.45, 2.75) is 30.4 Å². The zero-order valence-electron chi connectivity index (χ0n) is 14.3. The van der Waals surface area contributed by atoms with E-state index in [0.29, 0.717) is 17.8 Å². The zero-order chi connectivity index (χ0) is 19.3. The molecule has 1 unspecified atom stereocenters. The molecule has 0 aromatic heterocycles. The Morgan fingerprint density at radius 1 is 0.962 bits per heavy atom. The van der Waals surface area contributed by atoms with Crippen LogP contribution in [0, 0.1) is 5.82 Å². The predicted molar refractivity (Wildman–Crippen MR) is 97.0 cm³/mol. The van der Waals surface area contributed by atoms with Crippen LogP contribution in [0.15, 0.2) is 53.4 Å². The summed E-state index contributed by atoms with van der Waals surface area (Å²) >= 11 is 0. The van der Waals surface area contributed by atoms with Crippen molar-refractivity contribution < 1.29 is 22.4 Å². The van der Waals surface area contributed by atoms with E-state index in [1.807, 2.05) is 0 Å². The van der Waals surface area contributed by atoms with Gasteiger partial charge in [-0.3, -0.25) is 9.59 Å². The van der Waals surface area contributed by atoms with Gasteiger partial charge in [-0.2, -0.15) is 0 Å². The van der Waals surface area contributed by atoms with Crippen molar-refractivity contribution in [3.05, 3.63) is 54.3 Å². The van der Waals surface area contributed by atoms with Crippen LogP contribution in [0.1, 0.15) is 20.3 Å². The molecule has 0 aliphatic heterocycles. The summed E-state index contributed by atoms with van der Waals surface area (Å²) < 4.78 is 37.9. The van der Waals surface area contributed by atoms with Crippen molar-refractivity contribution in [3.63, 3.8) is 0 Å². The maximum Gasteiger partial charge on any atom is 0.242 e. The molecule has 6 nitrogen and oxygen atoms in total. The van der Waals surface area contributed by atoms with E-state index in [9.17, 15) is 22.4 Å². The molecule has 1 atom stereocenters. The first-order chi connectivity index (χ1) is 12.2. The highest BCUT2D eigenvalue weighted by Gasteiger charge is 2.29. The zero-order valence-corrected chi connectivity index (χ0v) is 15.1. The maximum absolute atomic E-state index is 13.0. The van der Waals surface area contributed by atoms with Gasteiger partial charge in [0, 0.05) is 17.8 Å². The molecule has 2 amide bonds. The van der Waals surface area contributed by atoms with Crippen LogP contribution >= 0.6 is 0 Å². The predicted octanol–water partition coefficient (Wildman–Crippen LogP) is 2.98. The van der Waals surface area contributed by atoms with E-state index < -0.39 is 26.8 Å². The van der Waals surface area contributed by atoms with Crippen LogP contribution < -0.4 is 10.6 Å². The van der Waals surface area contributed by atoms with E-state index in [4.69, 9.17) is 0 Å². The minimum absolute atomic E-state index is 0.126. The van der Waals surface area contributed by atoms with Gasteiger partial charge in [0.05, 0.1) is 4.90 Å². The molecular weight excluding hydrogens is 359 g/mol. The summed E-state index contributed by atoms with van der Waals surface area (Å²) in [5, 5.41) is 3.83. The fourth-order valence-electron chi connectivity index (χ4n) is 2.10. The fourth-order valence-corrected chi connectivity index (χ4v) is 3.36. The van der Waals surface area contributed by atoms with E-state index in [2.05, 4.69) is 10.6 Å². The third-order valence-corrected chi connectivity index (χ3v) is 5.81. The number of benzene rings is 2. The van der Waals surface area contributed by atoms with Gasteiger partial charge in [-0.15, -0.1) is 0 Å². The molecule has 2 N–H and O–H groups in total. The summed E-state index contributed by atoms with van der Waals surface area (Å²) in [7, 11) is -3.94.